The number of carboxylic acid groups (broad SMARTS) is 1. The number of benzene rings is 1. The Labute approximate surface area is 94.5 Å². The second-order valence-electron chi connectivity index (χ2n) is 3.57. The van der Waals surface area contributed by atoms with Crippen molar-refractivity contribution in [2.75, 3.05) is 6.61 Å². The maximum Gasteiger partial charge on any atom is 0.333 e. The van der Waals surface area contributed by atoms with Crippen LogP contribution in [0.5, 0.6) is 5.75 Å². The highest BCUT2D eigenvalue weighted by Crippen LogP contribution is 2.12. The van der Waals surface area contributed by atoms with Crippen LogP contribution >= 0.6 is 0 Å². The van der Waals surface area contributed by atoms with Crippen LogP contribution in [0, 0.1) is 0 Å². The van der Waals surface area contributed by atoms with Crippen LogP contribution in [0.15, 0.2) is 24.3 Å². The first-order chi connectivity index (χ1) is 7.63. The Balaban J connectivity index is 2.60. The average Bonchev–Trinajstić information content (AvgIpc) is 2.26. The second kappa shape index (κ2) is 6.12. The molecule has 4 nitrogen and oxygen atoms in total. The number of aromatic hydroxyl groups is 1. The molecule has 0 radical (unpaired) electrons. The fourth-order valence-electron chi connectivity index (χ4n) is 1.32. The summed E-state index contributed by atoms with van der Waals surface area (Å²) in [6.45, 7) is 2.37. The van der Waals surface area contributed by atoms with Crippen molar-refractivity contribution in [1.29, 1.82) is 0 Å². The molecule has 1 aromatic carbocycles. The zero-order valence-electron chi connectivity index (χ0n) is 9.22. The quantitative estimate of drug-likeness (QED) is 0.773. The van der Waals surface area contributed by atoms with Crippen LogP contribution < -0.4 is 0 Å². The predicted molar refractivity (Wildman–Crippen MR) is 59.5 cm³/mol. The normalized spacial score (nSPS) is 12.3. The lowest BCUT2D eigenvalue weighted by atomic mass is 10.1. The molecule has 1 rings (SSSR count). The first kappa shape index (κ1) is 12.5. The Morgan fingerprint density at radius 1 is 1.38 bits per heavy atom. The standard InChI is InChI=1S/C12H16O4/c1-2-7-16-11(12(14)15)8-9-3-5-10(13)6-4-9/h3-6,11,13H,2,7-8H2,1H3,(H,14,15)/t11-/m0/s1. The van der Waals surface area contributed by atoms with E-state index in [1.165, 1.54) is 12.1 Å². The number of hydrogen-bond donors (Lipinski definition) is 2. The molecule has 0 spiro atoms. The summed E-state index contributed by atoms with van der Waals surface area (Å²) in [7, 11) is 0. The SMILES string of the molecule is CCCO[C@@H](Cc1ccc(O)cc1)C(=O)O. The van der Waals surface area contributed by atoms with E-state index < -0.39 is 12.1 Å². The van der Waals surface area contributed by atoms with Crippen LogP contribution in [0.3, 0.4) is 0 Å². The minimum Gasteiger partial charge on any atom is -0.508 e. The van der Waals surface area contributed by atoms with Gasteiger partial charge in [0, 0.05) is 13.0 Å². The van der Waals surface area contributed by atoms with Gasteiger partial charge in [-0.25, -0.2) is 4.79 Å². The highest BCUT2D eigenvalue weighted by molar-refractivity contribution is 5.72. The van der Waals surface area contributed by atoms with Crippen LogP contribution in [0.4, 0.5) is 0 Å². The lowest BCUT2D eigenvalue weighted by Crippen LogP contribution is -2.26. The summed E-state index contributed by atoms with van der Waals surface area (Å²) in [6.07, 6.45) is 0.291. The van der Waals surface area contributed by atoms with Gasteiger partial charge in [0.1, 0.15) is 5.75 Å². The average molecular weight is 224 g/mol. The third kappa shape index (κ3) is 3.90. The van der Waals surface area contributed by atoms with E-state index >= 15 is 0 Å². The van der Waals surface area contributed by atoms with E-state index in [2.05, 4.69) is 0 Å². The molecule has 0 aromatic heterocycles. The third-order valence-corrected chi connectivity index (χ3v) is 2.16. The summed E-state index contributed by atoms with van der Waals surface area (Å²) >= 11 is 0. The molecular weight excluding hydrogens is 208 g/mol. The highest BCUT2D eigenvalue weighted by Gasteiger charge is 2.17. The number of carbonyl (C=O) groups is 1. The molecule has 0 saturated carbocycles. The van der Waals surface area contributed by atoms with Crippen molar-refractivity contribution in [3.63, 3.8) is 0 Å². The molecule has 2 N–H and O–H groups in total. The number of hydrogen-bond acceptors (Lipinski definition) is 3. The Morgan fingerprint density at radius 3 is 2.50 bits per heavy atom. The number of carboxylic acids is 1. The van der Waals surface area contributed by atoms with E-state index in [0.717, 1.165) is 12.0 Å². The van der Waals surface area contributed by atoms with Gasteiger partial charge in [-0.1, -0.05) is 19.1 Å². The topological polar surface area (TPSA) is 66.8 Å². The minimum atomic E-state index is -0.957. The van der Waals surface area contributed by atoms with Crippen molar-refractivity contribution in [2.24, 2.45) is 0 Å². The van der Waals surface area contributed by atoms with Gasteiger partial charge in [-0.3, -0.25) is 0 Å². The third-order valence-electron chi connectivity index (χ3n) is 2.16. The molecule has 0 heterocycles. The van der Waals surface area contributed by atoms with Crippen LogP contribution in [-0.2, 0) is 16.0 Å². The Morgan fingerprint density at radius 2 is 2.00 bits per heavy atom. The fraction of sp³-hybridized carbons (Fsp3) is 0.417. The molecule has 0 unspecified atom stereocenters. The summed E-state index contributed by atoms with van der Waals surface area (Å²) in [5, 5.41) is 18.0. The highest BCUT2D eigenvalue weighted by atomic mass is 16.5. The van der Waals surface area contributed by atoms with Gasteiger partial charge in [-0.05, 0) is 24.1 Å². The molecular formula is C12H16O4. The molecule has 0 fully saturated rings. The van der Waals surface area contributed by atoms with Gasteiger partial charge in [0.25, 0.3) is 0 Å². The number of aliphatic carboxylic acids is 1. The van der Waals surface area contributed by atoms with E-state index in [4.69, 9.17) is 14.9 Å². The molecule has 0 aliphatic rings. The number of rotatable bonds is 6. The maximum atomic E-state index is 10.9. The Bertz CT molecular complexity index is 331. The van der Waals surface area contributed by atoms with Crippen molar-refractivity contribution >= 4 is 5.97 Å². The monoisotopic (exact) mass is 224 g/mol. The summed E-state index contributed by atoms with van der Waals surface area (Å²) in [4.78, 5) is 10.9. The van der Waals surface area contributed by atoms with Gasteiger partial charge >= 0.3 is 5.97 Å². The van der Waals surface area contributed by atoms with Crippen LogP contribution in [0.25, 0.3) is 0 Å². The largest absolute Gasteiger partial charge is 0.508 e. The molecule has 4 heteroatoms. The lowest BCUT2D eigenvalue weighted by molar-refractivity contribution is -0.150. The van der Waals surface area contributed by atoms with Crippen LogP contribution in [-0.4, -0.2) is 28.9 Å². The van der Waals surface area contributed by atoms with E-state index in [-0.39, 0.29) is 5.75 Å². The number of ether oxygens (including phenoxy) is 1. The first-order valence-corrected chi connectivity index (χ1v) is 5.25. The lowest BCUT2D eigenvalue weighted by Gasteiger charge is -2.13. The summed E-state index contributed by atoms with van der Waals surface area (Å²) in [5.41, 5.74) is 0.835. The summed E-state index contributed by atoms with van der Waals surface area (Å²) in [6, 6.07) is 6.46. The van der Waals surface area contributed by atoms with Gasteiger partial charge in [-0.15, -0.1) is 0 Å². The molecule has 1 atom stereocenters. The molecule has 0 aliphatic carbocycles. The van der Waals surface area contributed by atoms with Crippen molar-refractivity contribution < 1.29 is 19.7 Å². The molecule has 0 saturated heterocycles. The van der Waals surface area contributed by atoms with Crippen molar-refractivity contribution in [2.45, 2.75) is 25.9 Å². The zero-order valence-corrected chi connectivity index (χ0v) is 9.22. The molecule has 16 heavy (non-hydrogen) atoms. The Kier molecular flexibility index (Phi) is 4.79. The van der Waals surface area contributed by atoms with Crippen LogP contribution in [0.1, 0.15) is 18.9 Å². The molecule has 0 bridgehead atoms. The predicted octanol–water partition coefficient (Wildman–Crippen LogP) is 1.81. The van der Waals surface area contributed by atoms with Gasteiger partial charge < -0.3 is 14.9 Å². The van der Waals surface area contributed by atoms with E-state index in [0.29, 0.717) is 13.0 Å². The molecule has 0 amide bonds. The minimum absolute atomic E-state index is 0.171. The maximum absolute atomic E-state index is 10.9. The van der Waals surface area contributed by atoms with E-state index in [1.54, 1.807) is 12.1 Å². The van der Waals surface area contributed by atoms with Gasteiger partial charge in [-0.2, -0.15) is 0 Å². The van der Waals surface area contributed by atoms with Gasteiger partial charge in [0.15, 0.2) is 6.10 Å². The van der Waals surface area contributed by atoms with Crippen molar-refractivity contribution in [3.8, 4) is 5.75 Å². The van der Waals surface area contributed by atoms with E-state index in [9.17, 15) is 4.79 Å². The van der Waals surface area contributed by atoms with Gasteiger partial charge in [0.2, 0.25) is 0 Å². The number of phenols is 1. The number of phenolic OH excluding ortho intramolecular Hbond substituents is 1. The summed E-state index contributed by atoms with van der Waals surface area (Å²) < 4.78 is 5.22. The zero-order chi connectivity index (χ0) is 12.0. The smallest absolute Gasteiger partial charge is 0.333 e. The molecule has 88 valence electrons. The fourth-order valence-corrected chi connectivity index (χ4v) is 1.32. The van der Waals surface area contributed by atoms with E-state index in [1.807, 2.05) is 6.92 Å². The van der Waals surface area contributed by atoms with Gasteiger partial charge in [0.05, 0.1) is 0 Å². The Hall–Kier alpha value is -1.55. The van der Waals surface area contributed by atoms with Crippen molar-refractivity contribution in [1.82, 2.24) is 0 Å². The van der Waals surface area contributed by atoms with Crippen LogP contribution in [0.2, 0.25) is 0 Å². The first-order valence-electron chi connectivity index (χ1n) is 5.25. The second-order valence-corrected chi connectivity index (χ2v) is 3.57. The summed E-state index contributed by atoms with van der Waals surface area (Å²) in [5.74, 6) is -0.786. The molecule has 0 aliphatic heterocycles. The van der Waals surface area contributed by atoms with Crippen molar-refractivity contribution in [3.05, 3.63) is 29.8 Å². The molecule has 1 aromatic rings.